The largest absolute Gasteiger partial charge is 0.493 e. The molecule has 1 unspecified atom stereocenters. The van der Waals surface area contributed by atoms with E-state index in [0.717, 1.165) is 22.3 Å². The smallest absolute Gasteiger partial charge is 0.123 e. The van der Waals surface area contributed by atoms with Crippen molar-refractivity contribution in [2.45, 2.75) is 39.8 Å². The Bertz CT molecular complexity index is 402. The molecule has 1 aromatic rings. The highest BCUT2D eigenvalue weighted by Crippen LogP contribution is 2.24. The molecule has 3 nitrogen and oxygen atoms in total. The monoisotopic (exact) mass is 329 g/mol. The second kappa shape index (κ2) is 7.27. The molecular formula is C15H24BrNO2. The first-order valence-corrected chi connectivity index (χ1v) is 7.38. The van der Waals surface area contributed by atoms with Gasteiger partial charge in [0.05, 0.1) is 6.61 Å². The fourth-order valence-corrected chi connectivity index (χ4v) is 1.88. The number of nitrogens with one attached hydrogen (secondary N) is 1. The standard InChI is InChI=1S/C15H24BrNO2/c1-11(9-18)10-19-14-6-5-13(16)7-12(14)8-17-15(2,3)4/h5-7,11,17-18H,8-10H2,1-4H3. The van der Waals surface area contributed by atoms with Crippen LogP contribution in [0.3, 0.4) is 0 Å². The molecule has 0 saturated carbocycles. The summed E-state index contributed by atoms with van der Waals surface area (Å²) < 4.78 is 6.83. The Balaban J connectivity index is 2.74. The first-order valence-electron chi connectivity index (χ1n) is 6.59. The fraction of sp³-hybridized carbons (Fsp3) is 0.600. The third-order valence-electron chi connectivity index (χ3n) is 2.67. The Kier molecular flexibility index (Phi) is 6.30. The van der Waals surface area contributed by atoms with Gasteiger partial charge in [-0.25, -0.2) is 0 Å². The van der Waals surface area contributed by atoms with Gasteiger partial charge in [0.25, 0.3) is 0 Å². The third kappa shape index (κ3) is 6.41. The van der Waals surface area contributed by atoms with Crippen molar-refractivity contribution in [2.24, 2.45) is 5.92 Å². The van der Waals surface area contributed by atoms with Crippen LogP contribution in [0, 0.1) is 5.92 Å². The van der Waals surface area contributed by atoms with E-state index in [0.29, 0.717) is 6.61 Å². The van der Waals surface area contributed by atoms with Gasteiger partial charge >= 0.3 is 0 Å². The maximum atomic E-state index is 9.04. The number of hydrogen-bond acceptors (Lipinski definition) is 3. The molecule has 0 aliphatic carbocycles. The summed E-state index contributed by atoms with van der Waals surface area (Å²) in [6, 6.07) is 6.01. The molecule has 0 aliphatic heterocycles. The molecule has 0 aromatic heterocycles. The molecule has 4 heteroatoms. The van der Waals surface area contributed by atoms with Gasteiger partial charge in [-0.1, -0.05) is 22.9 Å². The number of aliphatic hydroxyl groups excluding tert-OH is 1. The van der Waals surface area contributed by atoms with Crippen molar-refractivity contribution in [1.29, 1.82) is 0 Å². The molecule has 1 atom stereocenters. The van der Waals surface area contributed by atoms with Crippen molar-refractivity contribution in [1.82, 2.24) is 5.32 Å². The Morgan fingerprint density at radius 3 is 2.63 bits per heavy atom. The molecule has 0 amide bonds. The second-order valence-electron chi connectivity index (χ2n) is 5.95. The molecule has 0 spiro atoms. The van der Waals surface area contributed by atoms with Gasteiger partial charge in [0, 0.05) is 34.6 Å². The van der Waals surface area contributed by atoms with Crippen LogP contribution in [0.2, 0.25) is 0 Å². The van der Waals surface area contributed by atoms with Gasteiger partial charge in [0.15, 0.2) is 0 Å². The molecule has 0 aliphatic rings. The lowest BCUT2D eigenvalue weighted by molar-refractivity contribution is 0.173. The van der Waals surface area contributed by atoms with Crippen molar-refractivity contribution in [2.75, 3.05) is 13.2 Å². The zero-order valence-electron chi connectivity index (χ0n) is 12.2. The maximum absolute atomic E-state index is 9.04. The number of ether oxygens (including phenoxy) is 1. The summed E-state index contributed by atoms with van der Waals surface area (Å²) in [5.41, 5.74) is 1.19. The first kappa shape index (κ1) is 16.5. The van der Waals surface area contributed by atoms with Crippen molar-refractivity contribution in [3.63, 3.8) is 0 Å². The topological polar surface area (TPSA) is 41.5 Å². The van der Waals surface area contributed by atoms with Gasteiger partial charge in [0.1, 0.15) is 5.75 Å². The highest BCUT2D eigenvalue weighted by Gasteiger charge is 2.12. The van der Waals surface area contributed by atoms with Gasteiger partial charge in [-0.15, -0.1) is 0 Å². The molecule has 19 heavy (non-hydrogen) atoms. The van der Waals surface area contributed by atoms with E-state index in [9.17, 15) is 0 Å². The fourth-order valence-electron chi connectivity index (χ4n) is 1.47. The van der Waals surface area contributed by atoms with E-state index in [1.54, 1.807) is 0 Å². The lowest BCUT2D eigenvalue weighted by Crippen LogP contribution is -2.35. The molecular weight excluding hydrogens is 306 g/mol. The van der Waals surface area contributed by atoms with E-state index in [1.807, 2.05) is 19.1 Å². The molecule has 2 N–H and O–H groups in total. The normalized spacial score (nSPS) is 13.4. The van der Waals surface area contributed by atoms with Crippen LogP contribution in [-0.2, 0) is 6.54 Å². The van der Waals surface area contributed by atoms with Crippen molar-refractivity contribution < 1.29 is 9.84 Å². The Labute approximate surface area is 124 Å². The summed E-state index contributed by atoms with van der Waals surface area (Å²) in [5, 5.41) is 12.5. The van der Waals surface area contributed by atoms with Crippen LogP contribution < -0.4 is 10.1 Å². The van der Waals surface area contributed by atoms with E-state index in [4.69, 9.17) is 9.84 Å². The minimum Gasteiger partial charge on any atom is -0.493 e. The number of aliphatic hydroxyl groups is 1. The van der Waals surface area contributed by atoms with Crippen LogP contribution in [0.1, 0.15) is 33.3 Å². The molecule has 0 saturated heterocycles. The number of hydrogen-bond donors (Lipinski definition) is 2. The average Bonchev–Trinajstić information content (AvgIpc) is 2.33. The zero-order valence-corrected chi connectivity index (χ0v) is 13.8. The highest BCUT2D eigenvalue weighted by atomic mass is 79.9. The summed E-state index contributed by atoms with van der Waals surface area (Å²) >= 11 is 3.49. The van der Waals surface area contributed by atoms with E-state index < -0.39 is 0 Å². The first-order chi connectivity index (χ1) is 8.81. The average molecular weight is 330 g/mol. The van der Waals surface area contributed by atoms with E-state index >= 15 is 0 Å². The van der Waals surface area contributed by atoms with Gasteiger partial charge in [-0.3, -0.25) is 0 Å². The van der Waals surface area contributed by atoms with Crippen LogP contribution in [0.15, 0.2) is 22.7 Å². The van der Waals surface area contributed by atoms with E-state index in [2.05, 4.69) is 48.1 Å². The summed E-state index contributed by atoms with van der Waals surface area (Å²) in [4.78, 5) is 0. The summed E-state index contributed by atoms with van der Waals surface area (Å²) in [5.74, 6) is 1.02. The molecule has 108 valence electrons. The predicted molar refractivity (Wildman–Crippen MR) is 82.5 cm³/mol. The number of halogens is 1. The third-order valence-corrected chi connectivity index (χ3v) is 3.16. The van der Waals surface area contributed by atoms with Crippen LogP contribution in [-0.4, -0.2) is 23.9 Å². The predicted octanol–water partition coefficient (Wildman–Crippen LogP) is 3.34. The SMILES string of the molecule is CC(CO)COc1ccc(Br)cc1CNC(C)(C)C. The van der Waals surface area contributed by atoms with Gasteiger partial charge in [0.2, 0.25) is 0 Å². The molecule has 1 aromatic carbocycles. The second-order valence-corrected chi connectivity index (χ2v) is 6.87. The minimum absolute atomic E-state index is 0.0674. The Morgan fingerprint density at radius 2 is 2.05 bits per heavy atom. The summed E-state index contributed by atoms with van der Waals surface area (Å²) in [6.07, 6.45) is 0. The van der Waals surface area contributed by atoms with Crippen LogP contribution >= 0.6 is 15.9 Å². The van der Waals surface area contributed by atoms with Gasteiger partial charge < -0.3 is 15.2 Å². The lowest BCUT2D eigenvalue weighted by atomic mass is 10.1. The van der Waals surface area contributed by atoms with E-state index in [-0.39, 0.29) is 18.1 Å². The summed E-state index contributed by atoms with van der Waals surface area (Å²) in [6.45, 7) is 9.81. The zero-order chi connectivity index (χ0) is 14.5. The molecule has 0 radical (unpaired) electrons. The maximum Gasteiger partial charge on any atom is 0.123 e. The minimum atomic E-state index is 0.0674. The van der Waals surface area contributed by atoms with Crippen molar-refractivity contribution in [3.05, 3.63) is 28.2 Å². The van der Waals surface area contributed by atoms with Crippen LogP contribution in [0.4, 0.5) is 0 Å². The quantitative estimate of drug-likeness (QED) is 0.841. The van der Waals surface area contributed by atoms with E-state index in [1.165, 1.54) is 0 Å². The van der Waals surface area contributed by atoms with Gasteiger partial charge in [-0.2, -0.15) is 0 Å². The van der Waals surface area contributed by atoms with Crippen LogP contribution in [0.25, 0.3) is 0 Å². The van der Waals surface area contributed by atoms with Gasteiger partial charge in [-0.05, 0) is 39.0 Å². The Morgan fingerprint density at radius 1 is 1.37 bits per heavy atom. The Hall–Kier alpha value is -0.580. The molecule has 0 fully saturated rings. The summed E-state index contributed by atoms with van der Waals surface area (Å²) in [7, 11) is 0. The van der Waals surface area contributed by atoms with Crippen molar-refractivity contribution in [3.8, 4) is 5.75 Å². The highest BCUT2D eigenvalue weighted by molar-refractivity contribution is 9.10. The lowest BCUT2D eigenvalue weighted by Gasteiger charge is -2.22. The van der Waals surface area contributed by atoms with Crippen molar-refractivity contribution >= 4 is 15.9 Å². The molecule has 0 heterocycles. The molecule has 0 bridgehead atoms. The molecule has 1 rings (SSSR count). The number of rotatable bonds is 6. The van der Waals surface area contributed by atoms with Crippen LogP contribution in [0.5, 0.6) is 5.75 Å². The number of benzene rings is 1.